The van der Waals surface area contributed by atoms with E-state index < -0.39 is 6.23 Å². The van der Waals surface area contributed by atoms with E-state index in [1.54, 1.807) is 0 Å². The number of amides is 1. The van der Waals surface area contributed by atoms with Crippen LogP contribution in [0.15, 0.2) is 12.7 Å². The highest BCUT2D eigenvalue weighted by Crippen LogP contribution is 1.73. The van der Waals surface area contributed by atoms with Crippen LogP contribution in [-0.2, 0) is 4.79 Å². The largest absolute Gasteiger partial charge is 0.377 e. The lowest BCUT2D eigenvalue weighted by Gasteiger charge is -2.10. The summed E-state index contributed by atoms with van der Waals surface area (Å²) in [7, 11) is 0. The first kappa shape index (κ1) is 10.1. The van der Waals surface area contributed by atoms with Crippen molar-refractivity contribution in [2.75, 3.05) is 13.1 Å². The van der Waals surface area contributed by atoms with Crippen molar-refractivity contribution in [2.24, 2.45) is 0 Å². The van der Waals surface area contributed by atoms with Crippen LogP contribution >= 0.6 is 0 Å². The second-order valence-corrected chi connectivity index (χ2v) is 2.02. The van der Waals surface area contributed by atoms with Crippen molar-refractivity contribution in [1.82, 2.24) is 10.6 Å². The van der Waals surface area contributed by atoms with E-state index in [9.17, 15) is 4.79 Å². The van der Waals surface area contributed by atoms with Gasteiger partial charge in [-0.05, 0) is 12.6 Å². The normalized spacial score (nSPS) is 12.2. The van der Waals surface area contributed by atoms with Gasteiger partial charge in [-0.15, -0.1) is 0 Å². The minimum atomic E-state index is -0.677. The molecule has 0 aromatic heterocycles. The third kappa shape index (κ3) is 5.57. The number of carbonyl (C=O) groups excluding carboxylic acids is 1. The monoisotopic (exact) mass is 158 g/mol. The number of aliphatic hydroxyl groups is 1. The third-order valence-electron chi connectivity index (χ3n) is 1.09. The van der Waals surface area contributed by atoms with E-state index >= 15 is 0 Å². The fourth-order valence-electron chi connectivity index (χ4n) is 0.577. The minimum absolute atomic E-state index is 0.207. The van der Waals surface area contributed by atoms with Crippen molar-refractivity contribution in [3.63, 3.8) is 0 Å². The maximum absolute atomic E-state index is 10.6. The Balaban J connectivity index is 3.37. The van der Waals surface area contributed by atoms with E-state index in [4.69, 9.17) is 5.11 Å². The highest BCUT2D eigenvalue weighted by atomic mass is 16.3. The SMILES string of the molecule is C=CC(=O)NCC(O)NCC. The Morgan fingerprint density at radius 2 is 2.45 bits per heavy atom. The molecule has 1 amide bonds. The van der Waals surface area contributed by atoms with E-state index in [1.807, 2.05) is 6.92 Å². The fraction of sp³-hybridized carbons (Fsp3) is 0.571. The molecule has 0 saturated heterocycles. The Kier molecular flexibility index (Phi) is 5.42. The molecule has 0 aliphatic rings. The van der Waals surface area contributed by atoms with E-state index in [2.05, 4.69) is 17.2 Å². The van der Waals surface area contributed by atoms with E-state index in [0.29, 0.717) is 6.54 Å². The number of nitrogens with one attached hydrogen (secondary N) is 2. The van der Waals surface area contributed by atoms with Crippen molar-refractivity contribution < 1.29 is 9.90 Å². The number of rotatable bonds is 5. The molecule has 4 nitrogen and oxygen atoms in total. The topological polar surface area (TPSA) is 61.4 Å². The Bertz CT molecular complexity index is 136. The Hall–Kier alpha value is -0.870. The van der Waals surface area contributed by atoms with Crippen molar-refractivity contribution >= 4 is 5.91 Å². The van der Waals surface area contributed by atoms with E-state index in [-0.39, 0.29) is 12.5 Å². The van der Waals surface area contributed by atoms with Crippen LogP contribution in [0.4, 0.5) is 0 Å². The van der Waals surface area contributed by atoms with Crippen LogP contribution in [0, 0.1) is 0 Å². The highest BCUT2D eigenvalue weighted by Gasteiger charge is 2.01. The van der Waals surface area contributed by atoms with Gasteiger partial charge < -0.3 is 10.4 Å². The lowest BCUT2D eigenvalue weighted by molar-refractivity contribution is -0.117. The molecular formula is C7H14N2O2. The second kappa shape index (κ2) is 5.88. The molecule has 0 spiro atoms. The zero-order chi connectivity index (χ0) is 8.69. The summed E-state index contributed by atoms with van der Waals surface area (Å²) < 4.78 is 0. The second-order valence-electron chi connectivity index (χ2n) is 2.02. The lowest BCUT2D eigenvalue weighted by atomic mass is 10.5. The van der Waals surface area contributed by atoms with Crippen molar-refractivity contribution in [3.05, 3.63) is 12.7 Å². The van der Waals surface area contributed by atoms with Crippen molar-refractivity contribution in [3.8, 4) is 0 Å². The van der Waals surface area contributed by atoms with Crippen LogP contribution in [0.5, 0.6) is 0 Å². The number of carbonyl (C=O) groups is 1. The first-order valence-corrected chi connectivity index (χ1v) is 3.52. The molecule has 1 atom stereocenters. The van der Waals surface area contributed by atoms with Gasteiger partial charge in [0, 0.05) is 0 Å². The summed E-state index contributed by atoms with van der Waals surface area (Å²) in [6.45, 7) is 6.02. The molecule has 0 aliphatic carbocycles. The number of likely N-dealkylation sites (N-methyl/N-ethyl adjacent to an activating group) is 1. The van der Waals surface area contributed by atoms with Gasteiger partial charge in [-0.3, -0.25) is 10.1 Å². The lowest BCUT2D eigenvalue weighted by Crippen LogP contribution is -2.40. The summed E-state index contributed by atoms with van der Waals surface area (Å²) in [6, 6.07) is 0. The van der Waals surface area contributed by atoms with Crippen molar-refractivity contribution in [1.29, 1.82) is 0 Å². The number of hydrogen-bond donors (Lipinski definition) is 3. The molecule has 0 aromatic carbocycles. The standard InChI is InChI=1S/C7H14N2O2/c1-3-6(10)9-5-7(11)8-4-2/h3,7-8,11H,1,4-5H2,2H3,(H,9,10). The maximum atomic E-state index is 10.6. The van der Waals surface area contributed by atoms with Crippen LogP contribution in [-0.4, -0.2) is 30.3 Å². The minimum Gasteiger partial charge on any atom is -0.377 e. The smallest absolute Gasteiger partial charge is 0.243 e. The predicted octanol–water partition coefficient (Wildman–Crippen LogP) is -0.783. The van der Waals surface area contributed by atoms with Gasteiger partial charge in [-0.25, -0.2) is 0 Å². The van der Waals surface area contributed by atoms with Gasteiger partial charge in [0.05, 0.1) is 6.54 Å². The van der Waals surface area contributed by atoms with Crippen LogP contribution in [0.1, 0.15) is 6.92 Å². The first-order valence-electron chi connectivity index (χ1n) is 3.52. The van der Waals surface area contributed by atoms with Gasteiger partial charge in [-0.1, -0.05) is 13.5 Å². The summed E-state index contributed by atoms with van der Waals surface area (Å²) in [4.78, 5) is 10.6. The summed E-state index contributed by atoms with van der Waals surface area (Å²) >= 11 is 0. The highest BCUT2D eigenvalue weighted by molar-refractivity contribution is 5.86. The maximum Gasteiger partial charge on any atom is 0.243 e. The average Bonchev–Trinajstić information content (AvgIpc) is 2.01. The van der Waals surface area contributed by atoms with E-state index in [0.717, 1.165) is 0 Å². The molecule has 64 valence electrons. The van der Waals surface area contributed by atoms with Gasteiger partial charge in [0.2, 0.25) is 5.91 Å². The Morgan fingerprint density at radius 3 is 2.91 bits per heavy atom. The van der Waals surface area contributed by atoms with Gasteiger partial charge in [-0.2, -0.15) is 0 Å². The summed E-state index contributed by atoms with van der Waals surface area (Å²) in [6.07, 6.45) is 0.488. The zero-order valence-corrected chi connectivity index (χ0v) is 6.63. The molecule has 0 saturated carbocycles. The van der Waals surface area contributed by atoms with Gasteiger partial charge in [0.1, 0.15) is 6.23 Å². The molecule has 0 aliphatic heterocycles. The fourth-order valence-corrected chi connectivity index (χ4v) is 0.577. The number of hydrogen-bond acceptors (Lipinski definition) is 3. The van der Waals surface area contributed by atoms with Crippen LogP contribution < -0.4 is 10.6 Å². The van der Waals surface area contributed by atoms with E-state index in [1.165, 1.54) is 6.08 Å². The molecule has 4 heteroatoms. The quantitative estimate of drug-likeness (QED) is 0.363. The Morgan fingerprint density at radius 1 is 1.82 bits per heavy atom. The Labute approximate surface area is 66.3 Å². The third-order valence-corrected chi connectivity index (χ3v) is 1.09. The van der Waals surface area contributed by atoms with Gasteiger partial charge in [0.15, 0.2) is 0 Å². The van der Waals surface area contributed by atoms with Crippen LogP contribution in [0.3, 0.4) is 0 Å². The molecule has 0 aromatic rings. The predicted molar refractivity (Wildman–Crippen MR) is 42.9 cm³/mol. The van der Waals surface area contributed by atoms with Crippen molar-refractivity contribution in [2.45, 2.75) is 13.2 Å². The van der Waals surface area contributed by atoms with Gasteiger partial charge in [0.25, 0.3) is 0 Å². The molecule has 0 bridgehead atoms. The van der Waals surface area contributed by atoms with Crippen LogP contribution in [0.2, 0.25) is 0 Å². The summed E-state index contributed by atoms with van der Waals surface area (Å²) in [5.74, 6) is -0.276. The molecule has 0 heterocycles. The summed E-state index contributed by atoms with van der Waals surface area (Å²) in [5.41, 5.74) is 0. The van der Waals surface area contributed by atoms with Crippen LogP contribution in [0.25, 0.3) is 0 Å². The molecule has 11 heavy (non-hydrogen) atoms. The number of aliphatic hydroxyl groups excluding tert-OH is 1. The molecule has 0 radical (unpaired) electrons. The molecular weight excluding hydrogens is 144 g/mol. The zero-order valence-electron chi connectivity index (χ0n) is 6.63. The molecule has 1 unspecified atom stereocenters. The average molecular weight is 158 g/mol. The molecule has 3 N–H and O–H groups in total. The molecule has 0 fully saturated rings. The first-order chi connectivity index (χ1) is 5.20. The summed E-state index contributed by atoms with van der Waals surface area (Å²) in [5, 5.41) is 14.2. The van der Waals surface area contributed by atoms with Gasteiger partial charge >= 0.3 is 0 Å². The molecule has 0 rings (SSSR count).